The fourth-order valence-electron chi connectivity index (χ4n) is 2.84. The van der Waals surface area contributed by atoms with E-state index in [1.807, 2.05) is 24.3 Å². The van der Waals surface area contributed by atoms with Gasteiger partial charge < -0.3 is 19.5 Å². The highest BCUT2D eigenvalue weighted by atomic mass is 16.5. The van der Waals surface area contributed by atoms with E-state index in [4.69, 9.17) is 14.6 Å². The van der Waals surface area contributed by atoms with Gasteiger partial charge in [0.25, 0.3) is 5.91 Å². The summed E-state index contributed by atoms with van der Waals surface area (Å²) in [5.74, 6) is -0.576. The summed E-state index contributed by atoms with van der Waals surface area (Å²) in [5, 5.41) is 13.3. The van der Waals surface area contributed by atoms with Crippen LogP contribution in [-0.4, -0.2) is 64.6 Å². The van der Waals surface area contributed by atoms with Crippen LogP contribution in [0.15, 0.2) is 36.7 Å². The van der Waals surface area contributed by atoms with Crippen LogP contribution in [0.3, 0.4) is 0 Å². The van der Waals surface area contributed by atoms with E-state index in [1.54, 1.807) is 22.9 Å². The average molecular weight is 345 g/mol. The van der Waals surface area contributed by atoms with E-state index in [0.717, 1.165) is 0 Å². The summed E-state index contributed by atoms with van der Waals surface area (Å²) in [6.07, 6.45) is 2.95. The number of nitrogens with zero attached hydrogens (tertiary/aromatic N) is 3. The van der Waals surface area contributed by atoms with Gasteiger partial charge in [-0.1, -0.05) is 12.1 Å². The Balaban J connectivity index is 1.83. The zero-order valence-electron chi connectivity index (χ0n) is 13.8. The van der Waals surface area contributed by atoms with Gasteiger partial charge in [-0.2, -0.15) is 5.10 Å². The van der Waals surface area contributed by atoms with Crippen molar-refractivity contribution in [3.63, 3.8) is 0 Å². The maximum atomic E-state index is 12.8. The lowest BCUT2D eigenvalue weighted by Crippen LogP contribution is -2.49. The molecule has 1 aliphatic heterocycles. The number of aliphatic carboxylic acids is 1. The monoisotopic (exact) mass is 345 g/mol. The van der Waals surface area contributed by atoms with Crippen molar-refractivity contribution in [3.05, 3.63) is 42.2 Å². The third kappa shape index (κ3) is 3.63. The molecule has 0 saturated carbocycles. The van der Waals surface area contributed by atoms with Gasteiger partial charge in [-0.05, 0) is 12.1 Å². The van der Waals surface area contributed by atoms with Gasteiger partial charge in [-0.15, -0.1) is 0 Å². The second kappa shape index (κ2) is 7.35. The number of para-hydroxylation sites is 2. The molecule has 1 saturated heterocycles. The van der Waals surface area contributed by atoms with Gasteiger partial charge in [-0.3, -0.25) is 9.59 Å². The number of carboxylic acid groups (broad SMARTS) is 1. The van der Waals surface area contributed by atoms with Crippen molar-refractivity contribution in [2.45, 2.75) is 12.5 Å². The Bertz CT molecular complexity index is 773. The summed E-state index contributed by atoms with van der Waals surface area (Å²) in [7, 11) is 1.57. The number of benzene rings is 1. The average Bonchev–Trinajstić information content (AvgIpc) is 3.11. The highest BCUT2D eigenvalue weighted by Gasteiger charge is 2.30. The summed E-state index contributed by atoms with van der Waals surface area (Å²) in [4.78, 5) is 25.3. The van der Waals surface area contributed by atoms with Crippen LogP contribution in [0, 0.1) is 0 Å². The summed E-state index contributed by atoms with van der Waals surface area (Å²) in [6, 6.07) is 6.87. The smallest absolute Gasteiger partial charge is 0.305 e. The number of carbonyl (C=O) groups is 2. The van der Waals surface area contributed by atoms with Crippen molar-refractivity contribution in [2.24, 2.45) is 0 Å². The topological polar surface area (TPSA) is 93.9 Å². The Labute approximate surface area is 144 Å². The lowest BCUT2D eigenvalue weighted by atomic mass is 10.1. The summed E-state index contributed by atoms with van der Waals surface area (Å²) in [5.41, 5.74) is 1.11. The van der Waals surface area contributed by atoms with Crippen molar-refractivity contribution in [2.75, 3.05) is 26.9 Å². The Morgan fingerprint density at radius 1 is 1.40 bits per heavy atom. The molecule has 0 radical (unpaired) electrons. The minimum absolute atomic E-state index is 0.146. The molecule has 1 aromatic heterocycles. The van der Waals surface area contributed by atoms with E-state index in [2.05, 4.69) is 5.10 Å². The molecule has 1 atom stereocenters. The van der Waals surface area contributed by atoms with Crippen molar-refractivity contribution in [3.8, 4) is 11.4 Å². The van der Waals surface area contributed by atoms with Crippen molar-refractivity contribution < 1.29 is 24.2 Å². The van der Waals surface area contributed by atoms with Gasteiger partial charge in [-0.25, -0.2) is 4.68 Å². The van der Waals surface area contributed by atoms with E-state index < -0.39 is 12.0 Å². The molecule has 0 bridgehead atoms. The number of hydrogen-bond donors (Lipinski definition) is 1. The minimum atomic E-state index is -0.960. The van der Waals surface area contributed by atoms with Crippen LogP contribution in [0.1, 0.15) is 16.8 Å². The standard InChI is InChI=1S/C17H19N3O5/c1-24-15-5-3-2-4-14(15)20-10-12(9-18-20)17(23)19-6-7-25-11-13(19)8-16(21)22/h2-5,9-10,13H,6-8,11H2,1H3,(H,21,22)/t13-/m1/s1. The van der Waals surface area contributed by atoms with Crippen LogP contribution in [-0.2, 0) is 9.53 Å². The van der Waals surface area contributed by atoms with Gasteiger partial charge in [0.2, 0.25) is 0 Å². The first-order valence-electron chi connectivity index (χ1n) is 7.88. The molecule has 1 fully saturated rings. The summed E-state index contributed by atoms with van der Waals surface area (Å²) >= 11 is 0. The lowest BCUT2D eigenvalue weighted by Gasteiger charge is -2.34. The Morgan fingerprint density at radius 2 is 2.20 bits per heavy atom. The number of aromatic nitrogens is 2. The fourth-order valence-corrected chi connectivity index (χ4v) is 2.84. The first-order valence-corrected chi connectivity index (χ1v) is 7.88. The van der Waals surface area contributed by atoms with Crippen LogP contribution in [0.4, 0.5) is 0 Å². The first-order chi connectivity index (χ1) is 12.1. The zero-order valence-corrected chi connectivity index (χ0v) is 13.8. The number of carboxylic acids is 1. The van der Waals surface area contributed by atoms with E-state index in [-0.39, 0.29) is 18.9 Å². The second-order valence-electron chi connectivity index (χ2n) is 5.67. The molecular formula is C17H19N3O5. The van der Waals surface area contributed by atoms with Crippen LogP contribution in [0.5, 0.6) is 5.75 Å². The lowest BCUT2D eigenvalue weighted by molar-refractivity contribution is -0.139. The second-order valence-corrected chi connectivity index (χ2v) is 5.67. The number of hydrogen-bond acceptors (Lipinski definition) is 5. The van der Waals surface area contributed by atoms with Gasteiger partial charge in [0.05, 0.1) is 44.5 Å². The molecule has 8 heteroatoms. The number of amides is 1. The summed E-state index contributed by atoms with van der Waals surface area (Å²) in [6.45, 7) is 0.970. The molecule has 1 amide bonds. The molecule has 0 unspecified atom stereocenters. The first kappa shape index (κ1) is 17.0. The van der Waals surface area contributed by atoms with Crippen LogP contribution >= 0.6 is 0 Å². The molecular weight excluding hydrogens is 326 g/mol. The predicted molar refractivity (Wildman–Crippen MR) is 88.0 cm³/mol. The van der Waals surface area contributed by atoms with E-state index >= 15 is 0 Å². The van der Waals surface area contributed by atoms with Crippen LogP contribution < -0.4 is 4.74 Å². The number of carbonyl (C=O) groups excluding carboxylic acids is 1. The maximum Gasteiger partial charge on any atom is 0.305 e. The Morgan fingerprint density at radius 3 is 2.96 bits per heavy atom. The highest BCUT2D eigenvalue weighted by Crippen LogP contribution is 2.22. The normalized spacial score (nSPS) is 17.3. The zero-order chi connectivity index (χ0) is 17.8. The largest absolute Gasteiger partial charge is 0.494 e. The van der Waals surface area contributed by atoms with Crippen molar-refractivity contribution in [1.82, 2.24) is 14.7 Å². The molecule has 2 aromatic rings. The molecule has 2 heterocycles. The molecule has 25 heavy (non-hydrogen) atoms. The number of methoxy groups -OCH3 is 1. The summed E-state index contributed by atoms with van der Waals surface area (Å²) < 4.78 is 12.2. The molecule has 1 aliphatic rings. The van der Waals surface area contributed by atoms with Gasteiger partial charge in [0, 0.05) is 12.7 Å². The van der Waals surface area contributed by atoms with Crippen molar-refractivity contribution in [1.29, 1.82) is 0 Å². The van der Waals surface area contributed by atoms with Crippen LogP contribution in [0.2, 0.25) is 0 Å². The predicted octanol–water partition coefficient (Wildman–Crippen LogP) is 1.20. The SMILES string of the molecule is COc1ccccc1-n1cc(C(=O)N2CCOC[C@H]2CC(=O)O)cn1. The van der Waals surface area contributed by atoms with Gasteiger partial charge in [0.15, 0.2) is 0 Å². The van der Waals surface area contributed by atoms with Crippen molar-refractivity contribution >= 4 is 11.9 Å². The molecule has 132 valence electrons. The Kier molecular flexibility index (Phi) is 4.99. The number of ether oxygens (including phenoxy) is 2. The van der Waals surface area contributed by atoms with Gasteiger partial charge >= 0.3 is 5.97 Å². The molecule has 1 N–H and O–H groups in total. The molecule has 0 aliphatic carbocycles. The molecule has 3 rings (SSSR count). The highest BCUT2D eigenvalue weighted by molar-refractivity contribution is 5.94. The van der Waals surface area contributed by atoms with E-state index in [1.165, 1.54) is 6.20 Å². The quantitative estimate of drug-likeness (QED) is 0.875. The molecule has 1 aromatic carbocycles. The van der Waals surface area contributed by atoms with Gasteiger partial charge in [0.1, 0.15) is 11.4 Å². The van der Waals surface area contributed by atoms with E-state index in [9.17, 15) is 9.59 Å². The number of rotatable bonds is 5. The third-order valence-electron chi connectivity index (χ3n) is 4.06. The maximum absolute atomic E-state index is 12.8. The third-order valence-corrected chi connectivity index (χ3v) is 4.06. The molecule has 8 nitrogen and oxygen atoms in total. The minimum Gasteiger partial charge on any atom is -0.494 e. The Hall–Kier alpha value is -2.87. The van der Waals surface area contributed by atoms with E-state index in [0.29, 0.717) is 30.2 Å². The fraction of sp³-hybridized carbons (Fsp3) is 0.353. The molecule has 0 spiro atoms. The number of morpholine rings is 1. The van der Waals surface area contributed by atoms with Crippen LogP contribution in [0.25, 0.3) is 5.69 Å².